The number of para-hydroxylation sites is 1. The summed E-state index contributed by atoms with van der Waals surface area (Å²) in [6.45, 7) is 5.21. The van der Waals surface area contributed by atoms with Crippen LogP contribution in [0.1, 0.15) is 21.1 Å². The summed E-state index contributed by atoms with van der Waals surface area (Å²) in [6.07, 6.45) is 0. The molecule has 0 unspecified atom stereocenters. The number of aryl methyl sites for hydroxylation is 1. The van der Waals surface area contributed by atoms with Crippen molar-refractivity contribution in [3.05, 3.63) is 75.2 Å². The van der Waals surface area contributed by atoms with Crippen molar-refractivity contribution in [1.29, 1.82) is 0 Å². The molecule has 3 aromatic rings. The van der Waals surface area contributed by atoms with Crippen LogP contribution in [-0.2, 0) is 6.61 Å². The lowest BCUT2D eigenvalue weighted by molar-refractivity contribution is 0.0746. The van der Waals surface area contributed by atoms with Gasteiger partial charge in [-0.2, -0.15) is 0 Å². The van der Waals surface area contributed by atoms with Crippen molar-refractivity contribution in [2.45, 2.75) is 13.5 Å². The number of benzene rings is 2. The van der Waals surface area contributed by atoms with Crippen LogP contribution >= 0.6 is 22.9 Å². The second kappa shape index (κ2) is 8.84. The zero-order chi connectivity index (χ0) is 20.2. The molecule has 2 heterocycles. The molecule has 1 amide bonds. The lowest BCUT2D eigenvalue weighted by Crippen LogP contribution is -2.48. The van der Waals surface area contributed by atoms with Crippen molar-refractivity contribution in [3.8, 4) is 5.75 Å². The number of halogens is 1. The van der Waals surface area contributed by atoms with Crippen molar-refractivity contribution >= 4 is 34.5 Å². The molecule has 0 saturated carbocycles. The highest BCUT2D eigenvalue weighted by Crippen LogP contribution is 2.26. The first kappa shape index (κ1) is 19.7. The third kappa shape index (κ3) is 4.71. The third-order valence-corrected chi connectivity index (χ3v) is 6.04. The minimum atomic E-state index is 0.0266. The van der Waals surface area contributed by atoms with E-state index in [1.807, 2.05) is 65.7 Å². The first-order chi connectivity index (χ1) is 14.1. The SMILES string of the molecule is Cc1nc(COc2cccc(C(=O)N3CCN(c4ccccc4Cl)CC3)c2)cs1. The first-order valence-corrected chi connectivity index (χ1v) is 10.8. The molecule has 5 nitrogen and oxygen atoms in total. The zero-order valence-electron chi connectivity index (χ0n) is 16.2. The number of rotatable bonds is 5. The Bertz CT molecular complexity index is 999. The van der Waals surface area contributed by atoms with Gasteiger partial charge in [-0.3, -0.25) is 4.79 Å². The maximum atomic E-state index is 13.0. The lowest BCUT2D eigenvalue weighted by atomic mass is 10.1. The van der Waals surface area contributed by atoms with E-state index >= 15 is 0 Å². The Morgan fingerprint density at radius 1 is 1.14 bits per heavy atom. The van der Waals surface area contributed by atoms with Crippen LogP contribution < -0.4 is 9.64 Å². The van der Waals surface area contributed by atoms with E-state index in [1.54, 1.807) is 11.3 Å². The fourth-order valence-corrected chi connectivity index (χ4v) is 4.24. The molecular formula is C22H22ClN3O2S. The van der Waals surface area contributed by atoms with E-state index in [-0.39, 0.29) is 5.91 Å². The van der Waals surface area contributed by atoms with Gasteiger partial charge in [0.2, 0.25) is 0 Å². The van der Waals surface area contributed by atoms with Gasteiger partial charge in [0.15, 0.2) is 0 Å². The highest BCUT2D eigenvalue weighted by atomic mass is 35.5. The van der Waals surface area contributed by atoms with Gasteiger partial charge < -0.3 is 14.5 Å². The van der Waals surface area contributed by atoms with E-state index in [9.17, 15) is 4.79 Å². The van der Waals surface area contributed by atoms with Crippen LogP contribution in [0.3, 0.4) is 0 Å². The van der Waals surface area contributed by atoms with E-state index < -0.39 is 0 Å². The van der Waals surface area contributed by atoms with E-state index in [2.05, 4.69) is 9.88 Å². The van der Waals surface area contributed by atoms with Gasteiger partial charge in [-0.1, -0.05) is 29.8 Å². The van der Waals surface area contributed by atoms with Gasteiger partial charge in [0.05, 0.1) is 21.4 Å². The number of aromatic nitrogens is 1. The Morgan fingerprint density at radius 2 is 1.93 bits per heavy atom. The maximum absolute atomic E-state index is 13.0. The van der Waals surface area contributed by atoms with E-state index in [1.165, 1.54) is 0 Å². The molecule has 1 aliphatic heterocycles. The monoisotopic (exact) mass is 427 g/mol. The number of carbonyl (C=O) groups is 1. The quantitative estimate of drug-likeness (QED) is 0.594. The summed E-state index contributed by atoms with van der Waals surface area (Å²) in [5.74, 6) is 0.704. The number of thiazole rings is 1. The number of anilines is 1. The molecule has 0 N–H and O–H groups in total. The maximum Gasteiger partial charge on any atom is 0.254 e. The molecule has 1 fully saturated rings. The molecule has 1 aromatic heterocycles. The van der Waals surface area contributed by atoms with Crippen LogP contribution in [0, 0.1) is 6.92 Å². The fraction of sp³-hybridized carbons (Fsp3) is 0.273. The van der Waals surface area contributed by atoms with Crippen LogP contribution in [0.25, 0.3) is 0 Å². The van der Waals surface area contributed by atoms with Crippen LogP contribution in [0.5, 0.6) is 5.75 Å². The molecule has 4 rings (SSSR count). The summed E-state index contributed by atoms with van der Waals surface area (Å²) >= 11 is 7.91. The molecule has 0 atom stereocenters. The Morgan fingerprint density at radius 3 is 2.66 bits per heavy atom. The van der Waals surface area contributed by atoms with Gasteiger partial charge in [-0.25, -0.2) is 4.98 Å². The number of hydrogen-bond donors (Lipinski definition) is 0. The van der Waals surface area contributed by atoms with Crippen molar-refractivity contribution in [2.24, 2.45) is 0 Å². The summed E-state index contributed by atoms with van der Waals surface area (Å²) in [6, 6.07) is 15.2. The van der Waals surface area contributed by atoms with Crippen molar-refractivity contribution in [2.75, 3.05) is 31.1 Å². The second-order valence-corrected chi connectivity index (χ2v) is 8.37. The van der Waals surface area contributed by atoms with Crippen molar-refractivity contribution in [3.63, 3.8) is 0 Å². The molecule has 29 heavy (non-hydrogen) atoms. The molecule has 2 aromatic carbocycles. The molecule has 0 radical (unpaired) electrons. The third-order valence-electron chi connectivity index (χ3n) is 4.89. The topological polar surface area (TPSA) is 45.7 Å². The summed E-state index contributed by atoms with van der Waals surface area (Å²) in [7, 11) is 0. The summed E-state index contributed by atoms with van der Waals surface area (Å²) in [5.41, 5.74) is 2.57. The first-order valence-electron chi connectivity index (χ1n) is 9.53. The Labute approximate surface area is 179 Å². The normalized spacial score (nSPS) is 14.1. The van der Waals surface area contributed by atoms with Crippen molar-refractivity contribution in [1.82, 2.24) is 9.88 Å². The second-order valence-electron chi connectivity index (χ2n) is 6.91. The van der Waals surface area contributed by atoms with Gasteiger partial charge in [-0.15, -0.1) is 11.3 Å². The summed E-state index contributed by atoms with van der Waals surface area (Å²) in [5, 5.41) is 3.75. The number of amides is 1. The summed E-state index contributed by atoms with van der Waals surface area (Å²) < 4.78 is 5.82. The molecule has 7 heteroatoms. The minimum Gasteiger partial charge on any atom is -0.487 e. The molecule has 0 aliphatic carbocycles. The van der Waals surface area contributed by atoms with Gasteiger partial charge in [0.25, 0.3) is 5.91 Å². The average Bonchev–Trinajstić information content (AvgIpc) is 3.18. The van der Waals surface area contributed by atoms with Crippen LogP contribution in [0.2, 0.25) is 5.02 Å². The summed E-state index contributed by atoms with van der Waals surface area (Å²) in [4.78, 5) is 21.5. The predicted octanol–water partition coefficient (Wildman–Crippen LogP) is 4.65. The minimum absolute atomic E-state index is 0.0266. The standard InChI is InChI=1S/C22H22ClN3O2S/c1-16-24-18(15-29-16)14-28-19-6-4-5-17(13-19)22(27)26-11-9-25(10-12-26)21-8-3-2-7-20(21)23/h2-8,13,15H,9-12,14H2,1H3. The van der Waals surface area contributed by atoms with Crippen LogP contribution in [0.15, 0.2) is 53.9 Å². The highest BCUT2D eigenvalue weighted by molar-refractivity contribution is 7.09. The smallest absolute Gasteiger partial charge is 0.254 e. The van der Waals surface area contributed by atoms with Gasteiger partial charge in [0.1, 0.15) is 12.4 Å². The molecule has 0 spiro atoms. The van der Waals surface area contributed by atoms with Gasteiger partial charge in [0, 0.05) is 37.1 Å². The molecule has 0 bridgehead atoms. The van der Waals surface area contributed by atoms with E-state index in [0.717, 1.165) is 34.5 Å². The Hall–Kier alpha value is -2.57. The number of nitrogens with zero attached hydrogens (tertiary/aromatic N) is 3. The average molecular weight is 428 g/mol. The zero-order valence-corrected chi connectivity index (χ0v) is 17.7. The van der Waals surface area contributed by atoms with Crippen LogP contribution in [-0.4, -0.2) is 42.0 Å². The Balaban J connectivity index is 1.37. The van der Waals surface area contributed by atoms with Crippen LogP contribution in [0.4, 0.5) is 5.69 Å². The number of hydrogen-bond acceptors (Lipinski definition) is 5. The fourth-order valence-electron chi connectivity index (χ4n) is 3.39. The van der Waals surface area contributed by atoms with Gasteiger partial charge >= 0.3 is 0 Å². The number of carbonyl (C=O) groups excluding carboxylic acids is 1. The number of piperazine rings is 1. The van der Waals surface area contributed by atoms with E-state index in [0.29, 0.717) is 31.0 Å². The largest absolute Gasteiger partial charge is 0.487 e. The lowest BCUT2D eigenvalue weighted by Gasteiger charge is -2.36. The predicted molar refractivity (Wildman–Crippen MR) is 117 cm³/mol. The Kier molecular flexibility index (Phi) is 6.02. The molecule has 150 valence electrons. The van der Waals surface area contributed by atoms with Crippen molar-refractivity contribution < 1.29 is 9.53 Å². The molecule has 1 saturated heterocycles. The number of ether oxygens (including phenoxy) is 1. The molecular weight excluding hydrogens is 406 g/mol. The molecule has 1 aliphatic rings. The van der Waals surface area contributed by atoms with E-state index in [4.69, 9.17) is 16.3 Å². The highest BCUT2D eigenvalue weighted by Gasteiger charge is 2.23. The van der Waals surface area contributed by atoms with Gasteiger partial charge in [-0.05, 0) is 37.3 Å².